The van der Waals surface area contributed by atoms with Crippen LogP contribution in [0.4, 0.5) is 0 Å². The first-order chi connectivity index (χ1) is 7.06. The summed E-state index contributed by atoms with van der Waals surface area (Å²) in [5.74, 6) is 0.214. The van der Waals surface area contributed by atoms with E-state index in [1.54, 1.807) is 19.1 Å². The van der Waals surface area contributed by atoms with Crippen molar-refractivity contribution in [1.29, 1.82) is 0 Å². The van der Waals surface area contributed by atoms with Gasteiger partial charge in [0.1, 0.15) is 4.90 Å². The van der Waals surface area contributed by atoms with Crippen molar-refractivity contribution in [3.8, 4) is 0 Å². The molecule has 15 heavy (non-hydrogen) atoms. The smallest absolute Gasteiger partial charge is 0.286 e. The van der Waals surface area contributed by atoms with Crippen LogP contribution in [0, 0.1) is 6.92 Å². The Balaban J connectivity index is 2.69. The second-order valence-electron chi connectivity index (χ2n) is 3.25. The van der Waals surface area contributed by atoms with E-state index in [2.05, 4.69) is 4.40 Å². The fourth-order valence-electron chi connectivity index (χ4n) is 1.57. The molecule has 0 aliphatic carbocycles. The number of ether oxygens (including phenoxy) is 1. The van der Waals surface area contributed by atoms with Crippen molar-refractivity contribution in [2.75, 3.05) is 6.61 Å². The van der Waals surface area contributed by atoms with E-state index in [4.69, 9.17) is 4.74 Å². The van der Waals surface area contributed by atoms with Gasteiger partial charge in [-0.1, -0.05) is 12.1 Å². The molecule has 2 rings (SSSR count). The van der Waals surface area contributed by atoms with Gasteiger partial charge in [-0.25, -0.2) is 0 Å². The Labute approximate surface area is 88.7 Å². The van der Waals surface area contributed by atoms with Gasteiger partial charge in [0.05, 0.1) is 12.2 Å². The lowest BCUT2D eigenvalue weighted by molar-refractivity contribution is 0.329. The molecule has 80 valence electrons. The molecule has 5 heteroatoms. The number of rotatable bonds is 1. The maximum absolute atomic E-state index is 11.6. The Morgan fingerprint density at radius 3 is 2.80 bits per heavy atom. The maximum Gasteiger partial charge on any atom is 0.286 e. The van der Waals surface area contributed by atoms with E-state index < -0.39 is 10.0 Å². The second-order valence-corrected chi connectivity index (χ2v) is 4.83. The molecule has 0 saturated heterocycles. The summed E-state index contributed by atoms with van der Waals surface area (Å²) in [6, 6.07) is 5.09. The molecule has 4 nitrogen and oxygen atoms in total. The van der Waals surface area contributed by atoms with Crippen molar-refractivity contribution in [3.05, 3.63) is 29.3 Å². The first-order valence-electron chi connectivity index (χ1n) is 4.64. The molecule has 0 radical (unpaired) electrons. The molecule has 0 bridgehead atoms. The lowest BCUT2D eigenvalue weighted by atomic mass is 10.1. The summed E-state index contributed by atoms with van der Waals surface area (Å²) < 4.78 is 32.1. The Hall–Kier alpha value is -1.36. The molecule has 1 aliphatic heterocycles. The van der Waals surface area contributed by atoms with Crippen LogP contribution in [0.3, 0.4) is 0 Å². The summed E-state index contributed by atoms with van der Waals surface area (Å²) in [5.41, 5.74) is 1.46. The molecular formula is C10H11NO3S. The normalized spacial score (nSPS) is 17.1. The van der Waals surface area contributed by atoms with Crippen molar-refractivity contribution in [2.24, 2.45) is 4.40 Å². The summed E-state index contributed by atoms with van der Waals surface area (Å²) in [6.45, 7) is 4.04. The zero-order chi connectivity index (χ0) is 11.1. The van der Waals surface area contributed by atoms with Gasteiger partial charge in [0, 0.05) is 0 Å². The quantitative estimate of drug-likeness (QED) is 0.727. The van der Waals surface area contributed by atoms with Gasteiger partial charge >= 0.3 is 0 Å². The van der Waals surface area contributed by atoms with E-state index in [1.807, 2.05) is 13.0 Å². The number of nitrogens with zero attached hydrogens (tertiary/aromatic N) is 1. The molecule has 0 atom stereocenters. The van der Waals surface area contributed by atoms with E-state index in [1.165, 1.54) is 0 Å². The molecular weight excluding hydrogens is 214 g/mol. The third kappa shape index (κ3) is 1.52. The Morgan fingerprint density at radius 2 is 2.13 bits per heavy atom. The lowest BCUT2D eigenvalue weighted by Gasteiger charge is -2.05. The largest absolute Gasteiger partial charge is 0.477 e. The molecule has 0 fully saturated rings. The van der Waals surface area contributed by atoms with Gasteiger partial charge in [-0.05, 0) is 25.5 Å². The van der Waals surface area contributed by atoms with Crippen LogP contribution in [-0.4, -0.2) is 20.9 Å². The van der Waals surface area contributed by atoms with Crippen molar-refractivity contribution in [2.45, 2.75) is 18.7 Å². The highest BCUT2D eigenvalue weighted by Crippen LogP contribution is 2.28. The molecule has 0 saturated carbocycles. The fraction of sp³-hybridized carbons (Fsp3) is 0.300. The number of aryl methyl sites for hydroxylation is 1. The van der Waals surface area contributed by atoms with Crippen LogP contribution in [-0.2, 0) is 14.8 Å². The summed E-state index contributed by atoms with van der Waals surface area (Å²) in [5, 5.41) is 0. The van der Waals surface area contributed by atoms with Crippen molar-refractivity contribution < 1.29 is 13.2 Å². The van der Waals surface area contributed by atoms with Gasteiger partial charge in [-0.2, -0.15) is 8.42 Å². The lowest BCUT2D eigenvalue weighted by Crippen LogP contribution is -2.05. The van der Waals surface area contributed by atoms with E-state index in [9.17, 15) is 8.42 Å². The van der Waals surface area contributed by atoms with Crippen LogP contribution >= 0.6 is 0 Å². The highest BCUT2D eigenvalue weighted by Gasteiger charge is 2.30. The first kappa shape index (κ1) is 10.2. The van der Waals surface area contributed by atoms with Gasteiger partial charge in [0.25, 0.3) is 10.0 Å². The van der Waals surface area contributed by atoms with Crippen molar-refractivity contribution in [3.63, 3.8) is 0 Å². The minimum atomic E-state index is -3.54. The van der Waals surface area contributed by atoms with Gasteiger partial charge in [-0.3, -0.25) is 0 Å². The molecule has 1 aromatic rings. The van der Waals surface area contributed by atoms with E-state index in [0.29, 0.717) is 12.2 Å². The van der Waals surface area contributed by atoms with Gasteiger partial charge < -0.3 is 4.74 Å². The van der Waals surface area contributed by atoms with Gasteiger partial charge in [-0.15, -0.1) is 4.40 Å². The topological polar surface area (TPSA) is 55.7 Å². The van der Waals surface area contributed by atoms with Gasteiger partial charge in [0.2, 0.25) is 5.90 Å². The van der Waals surface area contributed by atoms with Crippen LogP contribution in [0.1, 0.15) is 18.1 Å². The number of sulfonamides is 1. The fourth-order valence-corrected chi connectivity index (χ4v) is 2.79. The van der Waals surface area contributed by atoms with E-state index in [0.717, 1.165) is 5.56 Å². The Morgan fingerprint density at radius 1 is 1.40 bits per heavy atom. The molecule has 0 amide bonds. The third-order valence-corrected chi connectivity index (χ3v) is 3.51. The molecule has 0 unspecified atom stereocenters. The maximum atomic E-state index is 11.6. The Kier molecular flexibility index (Phi) is 2.26. The van der Waals surface area contributed by atoms with Crippen LogP contribution in [0.2, 0.25) is 0 Å². The van der Waals surface area contributed by atoms with Crippen LogP contribution < -0.4 is 0 Å². The summed E-state index contributed by atoms with van der Waals surface area (Å²) in [7, 11) is -3.54. The summed E-state index contributed by atoms with van der Waals surface area (Å²) in [4.78, 5) is 0.242. The standard InChI is InChI=1S/C10H11NO3S/c1-3-14-10-9-7(2)5-4-6-8(9)15(12,13)11-10/h4-6H,3H2,1-2H3. The molecule has 1 aromatic carbocycles. The molecule has 0 aromatic heterocycles. The monoisotopic (exact) mass is 225 g/mol. The second kappa shape index (κ2) is 3.34. The average Bonchev–Trinajstić information content (AvgIpc) is 2.41. The number of fused-ring (bicyclic) bond motifs is 1. The number of hydrogen-bond donors (Lipinski definition) is 0. The zero-order valence-electron chi connectivity index (χ0n) is 8.52. The number of benzene rings is 1. The van der Waals surface area contributed by atoms with Gasteiger partial charge in [0.15, 0.2) is 0 Å². The zero-order valence-corrected chi connectivity index (χ0v) is 9.34. The molecule has 0 N–H and O–H groups in total. The minimum absolute atomic E-state index is 0.214. The highest BCUT2D eigenvalue weighted by molar-refractivity contribution is 7.90. The molecule has 1 heterocycles. The number of hydrogen-bond acceptors (Lipinski definition) is 3. The van der Waals surface area contributed by atoms with Crippen LogP contribution in [0.15, 0.2) is 27.5 Å². The summed E-state index contributed by atoms with van der Waals surface area (Å²) >= 11 is 0. The minimum Gasteiger partial charge on any atom is -0.477 e. The van der Waals surface area contributed by atoms with Crippen LogP contribution in [0.25, 0.3) is 0 Å². The molecule has 0 spiro atoms. The first-order valence-corrected chi connectivity index (χ1v) is 6.08. The Bertz CT molecular complexity index is 532. The molecule has 1 aliphatic rings. The van der Waals surface area contributed by atoms with Crippen molar-refractivity contribution in [1.82, 2.24) is 0 Å². The average molecular weight is 225 g/mol. The van der Waals surface area contributed by atoms with E-state index >= 15 is 0 Å². The summed E-state index contributed by atoms with van der Waals surface area (Å²) in [6.07, 6.45) is 0. The third-order valence-electron chi connectivity index (χ3n) is 2.21. The highest BCUT2D eigenvalue weighted by atomic mass is 32.2. The van der Waals surface area contributed by atoms with Crippen molar-refractivity contribution >= 4 is 15.9 Å². The van der Waals surface area contributed by atoms with E-state index in [-0.39, 0.29) is 10.8 Å². The van der Waals surface area contributed by atoms with Crippen LogP contribution in [0.5, 0.6) is 0 Å². The SMILES string of the molecule is CCOC1=NS(=O)(=O)c2cccc(C)c21. The predicted octanol–water partition coefficient (Wildman–Crippen LogP) is 1.48. The predicted molar refractivity (Wildman–Crippen MR) is 56.5 cm³/mol.